The molecule has 5 aromatic heterocycles. The summed E-state index contributed by atoms with van der Waals surface area (Å²) in [4.78, 5) is 18.8. The number of para-hydroxylation sites is 1. The van der Waals surface area contributed by atoms with Gasteiger partial charge in [-0.25, -0.2) is 4.98 Å². The van der Waals surface area contributed by atoms with Crippen LogP contribution in [-0.2, 0) is 25.5 Å². The molecule has 0 aliphatic rings. The fourth-order valence-electron chi connectivity index (χ4n) is 9.10. The number of aromatic nitrogens is 4. The fraction of sp³-hybridized carbons (Fsp3) is 0.175. The summed E-state index contributed by atoms with van der Waals surface area (Å²) in [6.07, 6.45) is 5.54. The Labute approximate surface area is 424 Å². The average Bonchev–Trinajstić information content (AvgIpc) is 4.00. The Bertz CT molecular complexity index is 3580. The molecule has 70 heavy (non-hydrogen) atoms. The molecule has 5 heterocycles. The number of nitrogens with zero attached hydrogens (tertiary/aromatic N) is 4. The monoisotopic (exact) mass is 1090 g/mol. The van der Waals surface area contributed by atoms with Crippen LogP contribution in [0.3, 0.4) is 0 Å². The van der Waals surface area contributed by atoms with E-state index in [1.165, 1.54) is 44.5 Å². The fourth-order valence-corrected chi connectivity index (χ4v) is 9.10. The van der Waals surface area contributed by atoms with Gasteiger partial charge in [-0.3, -0.25) is 4.98 Å². The third-order valence-corrected chi connectivity index (χ3v) is 12.7. The van der Waals surface area contributed by atoms with Gasteiger partial charge in [0.25, 0.3) is 0 Å². The van der Waals surface area contributed by atoms with E-state index in [9.17, 15) is 0 Å². The van der Waals surface area contributed by atoms with E-state index in [2.05, 4.69) is 168 Å². The van der Waals surface area contributed by atoms with Crippen LogP contribution in [0, 0.1) is 19.1 Å². The van der Waals surface area contributed by atoms with Crippen molar-refractivity contribution in [3.63, 3.8) is 0 Å². The number of pyridine rings is 3. The first kappa shape index (κ1) is 47.7. The second-order valence-corrected chi connectivity index (χ2v) is 19.3. The Morgan fingerprint density at radius 3 is 1.91 bits per heavy atom. The summed E-state index contributed by atoms with van der Waals surface area (Å²) in [5.41, 5.74) is 19.6. The predicted molar refractivity (Wildman–Crippen MR) is 283 cm³/mol. The van der Waals surface area contributed by atoms with Gasteiger partial charge in [-0.2, -0.15) is 0 Å². The summed E-state index contributed by atoms with van der Waals surface area (Å²) in [6.45, 7) is 17.6. The van der Waals surface area contributed by atoms with Crippen molar-refractivity contribution in [2.45, 2.75) is 72.6 Å². The number of furan rings is 1. The summed E-state index contributed by atoms with van der Waals surface area (Å²) in [7, 11) is 0. The van der Waals surface area contributed by atoms with Crippen molar-refractivity contribution in [1.82, 2.24) is 19.9 Å². The maximum atomic E-state index is 6.37. The van der Waals surface area contributed by atoms with Gasteiger partial charge in [-0.1, -0.05) is 156 Å². The van der Waals surface area contributed by atoms with E-state index < -0.39 is 0 Å². The Morgan fingerprint density at radius 2 is 1.21 bits per heavy atom. The number of benzene rings is 6. The molecule has 0 amide bonds. The first-order valence-electron chi connectivity index (χ1n) is 23.7. The molecular formula is C63H54IrN4O2-2. The molecule has 6 nitrogen and oxygen atoms in total. The normalized spacial score (nSPS) is 11.6. The predicted octanol–water partition coefficient (Wildman–Crippen LogP) is 17.1. The Morgan fingerprint density at radius 1 is 0.543 bits per heavy atom. The molecule has 0 unspecified atom stereocenters. The molecule has 0 aliphatic carbocycles. The zero-order chi connectivity index (χ0) is 47.8. The Kier molecular flexibility index (Phi) is 13.6. The topological polar surface area (TPSA) is 77.8 Å². The average molecular weight is 1090 g/mol. The van der Waals surface area contributed by atoms with Crippen LogP contribution in [0.5, 0.6) is 0 Å². The van der Waals surface area contributed by atoms with Crippen LogP contribution in [0.2, 0.25) is 0 Å². The molecule has 0 atom stereocenters. The molecule has 0 saturated heterocycles. The molecule has 349 valence electrons. The molecule has 11 rings (SSSR count). The molecule has 6 aromatic carbocycles. The number of hydrogen-bond acceptors (Lipinski definition) is 6. The minimum absolute atomic E-state index is 0. The Hall–Kier alpha value is -7.31. The molecule has 0 aliphatic heterocycles. The van der Waals surface area contributed by atoms with Crippen LogP contribution >= 0.6 is 0 Å². The first-order chi connectivity index (χ1) is 33.4. The Balaban J connectivity index is 0.000000199. The smallest absolute Gasteiger partial charge is 0.200 e. The molecule has 0 N–H and O–H groups in total. The van der Waals surface area contributed by atoms with E-state index in [4.69, 9.17) is 18.8 Å². The van der Waals surface area contributed by atoms with Crippen molar-refractivity contribution in [3.8, 4) is 67.2 Å². The van der Waals surface area contributed by atoms with Crippen LogP contribution in [0.25, 0.3) is 100 Å². The molecular weight excluding hydrogens is 1040 g/mol. The largest absolute Gasteiger partial charge is 0.501 e. The van der Waals surface area contributed by atoms with Crippen LogP contribution in [0.1, 0.15) is 82.9 Å². The van der Waals surface area contributed by atoms with Crippen molar-refractivity contribution >= 4 is 33.0 Å². The first-order valence-corrected chi connectivity index (χ1v) is 23.7. The van der Waals surface area contributed by atoms with E-state index in [0.717, 1.165) is 72.4 Å². The van der Waals surface area contributed by atoms with Gasteiger partial charge in [0, 0.05) is 55.6 Å². The third-order valence-electron chi connectivity index (χ3n) is 12.7. The SMILES string of the molecule is CC(C)(C)c1nc2c(-c3cccnc3-c3[c-]cccc3)nccc2o1.Cc1cnc(-c2[c-]ccc3c2oc2ccccc23)cc1-c1c(C(C)C)cc(-c2ccc(-c3ccccc3)cc2)cc1C(C)C.[Ir]. The van der Waals surface area contributed by atoms with Gasteiger partial charge in [0.1, 0.15) is 11.1 Å². The van der Waals surface area contributed by atoms with Gasteiger partial charge >= 0.3 is 0 Å². The zero-order valence-corrected chi connectivity index (χ0v) is 43.2. The van der Waals surface area contributed by atoms with Crippen LogP contribution < -0.4 is 0 Å². The van der Waals surface area contributed by atoms with Crippen molar-refractivity contribution < 1.29 is 28.9 Å². The zero-order valence-electron chi connectivity index (χ0n) is 40.8. The van der Waals surface area contributed by atoms with Crippen molar-refractivity contribution in [2.24, 2.45) is 0 Å². The van der Waals surface area contributed by atoms with Crippen molar-refractivity contribution in [1.29, 1.82) is 0 Å². The number of fused-ring (bicyclic) bond motifs is 4. The molecule has 0 fully saturated rings. The van der Waals surface area contributed by atoms with E-state index in [1.54, 1.807) is 12.4 Å². The summed E-state index contributed by atoms with van der Waals surface area (Å²) in [6, 6.07) is 59.1. The third kappa shape index (κ3) is 9.40. The van der Waals surface area contributed by atoms with Gasteiger partial charge in [0.15, 0.2) is 5.58 Å². The van der Waals surface area contributed by atoms with Gasteiger partial charge in [-0.05, 0) is 97.9 Å². The van der Waals surface area contributed by atoms with Crippen molar-refractivity contribution in [2.75, 3.05) is 0 Å². The summed E-state index contributed by atoms with van der Waals surface area (Å²) in [5.74, 6) is 1.38. The van der Waals surface area contributed by atoms with Gasteiger partial charge in [0.2, 0.25) is 5.89 Å². The minimum Gasteiger partial charge on any atom is -0.501 e. The maximum absolute atomic E-state index is 6.37. The minimum atomic E-state index is -0.165. The van der Waals surface area contributed by atoms with Crippen LogP contribution in [0.4, 0.5) is 0 Å². The standard InChI is InChI=1S/C42H36NO.C21H18N3O.Ir/c1-26(2)36-22-32(31-20-18-30(19-21-31)29-12-7-6-8-13-29)23-37(27(3)4)41(36)38-24-39(43-25-28(38)5)35-16-11-15-34-33-14-9-10-17-40(33)44-42(34)35;1-21(2,3)20-24-19-16(25-20)11-13-23-18(19)15-10-7-12-22-17(15)14-8-5-4-6-9-14;/h6-15,17-27H,1-5H3;4-8,10-13H,1-3H3;/q2*-1;. The second kappa shape index (κ2) is 20.0. The molecule has 0 bridgehead atoms. The van der Waals surface area contributed by atoms with Gasteiger partial charge in [-0.15, -0.1) is 54.1 Å². The second-order valence-electron chi connectivity index (χ2n) is 19.3. The quantitative estimate of drug-likeness (QED) is 0.141. The number of hydrogen-bond donors (Lipinski definition) is 0. The van der Waals surface area contributed by atoms with E-state index in [1.807, 2.05) is 66.9 Å². The summed E-state index contributed by atoms with van der Waals surface area (Å²) < 4.78 is 12.3. The van der Waals surface area contributed by atoms with Crippen molar-refractivity contribution in [3.05, 3.63) is 205 Å². The molecule has 7 heteroatoms. The van der Waals surface area contributed by atoms with E-state index in [0.29, 0.717) is 17.7 Å². The molecule has 0 saturated carbocycles. The molecule has 0 spiro atoms. The molecule has 11 aromatic rings. The molecule has 1 radical (unpaired) electrons. The number of aryl methyl sites for hydroxylation is 1. The van der Waals surface area contributed by atoms with Gasteiger partial charge in [0.05, 0.1) is 11.3 Å². The van der Waals surface area contributed by atoms with E-state index >= 15 is 0 Å². The number of oxazole rings is 1. The van der Waals surface area contributed by atoms with E-state index in [-0.39, 0.29) is 25.5 Å². The van der Waals surface area contributed by atoms with Gasteiger partial charge < -0.3 is 18.8 Å². The van der Waals surface area contributed by atoms with Crippen LogP contribution in [0.15, 0.2) is 179 Å². The number of rotatable bonds is 8. The van der Waals surface area contributed by atoms with Crippen LogP contribution in [-0.4, -0.2) is 19.9 Å². The maximum Gasteiger partial charge on any atom is 0.200 e. The summed E-state index contributed by atoms with van der Waals surface area (Å²) in [5, 5.41) is 2.20. The summed E-state index contributed by atoms with van der Waals surface area (Å²) >= 11 is 0.